The molecule has 0 aliphatic carbocycles. The van der Waals surface area contributed by atoms with Crippen LogP contribution in [0, 0.1) is 10.8 Å². The number of para-hydroxylation sites is 2. The predicted octanol–water partition coefficient (Wildman–Crippen LogP) is 3.18. The molecule has 0 heterocycles. The Hall–Kier alpha value is -3.28. The van der Waals surface area contributed by atoms with Crippen molar-refractivity contribution in [3.8, 4) is 0 Å². The van der Waals surface area contributed by atoms with Gasteiger partial charge in [0.2, 0.25) is 17.8 Å². The molecule has 0 unspecified atom stereocenters. The number of anilines is 2. The van der Waals surface area contributed by atoms with Crippen molar-refractivity contribution in [2.45, 2.75) is 19.4 Å². The van der Waals surface area contributed by atoms with Gasteiger partial charge in [0.05, 0.1) is 15.7 Å². The van der Waals surface area contributed by atoms with E-state index >= 15 is 0 Å². The number of nitrogens with one attached hydrogen (secondary N) is 6. The third-order valence-electron chi connectivity index (χ3n) is 4.62. The molecule has 2 aromatic rings. The Balaban J connectivity index is 2.03. The van der Waals surface area contributed by atoms with E-state index in [9.17, 15) is 14.4 Å². The van der Waals surface area contributed by atoms with Crippen LogP contribution in [-0.2, 0) is 20.8 Å². The molecular formula is C23H27Cl2N7O3S. The summed E-state index contributed by atoms with van der Waals surface area (Å²) in [5.41, 5.74) is 1.87. The van der Waals surface area contributed by atoms with Gasteiger partial charge in [-0.1, -0.05) is 59.2 Å². The van der Waals surface area contributed by atoms with E-state index < -0.39 is 23.8 Å². The molecule has 0 fully saturated rings. The van der Waals surface area contributed by atoms with Crippen molar-refractivity contribution in [1.29, 1.82) is 10.8 Å². The van der Waals surface area contributed by atoms with Gasteiger partial charge in [0.25, 0.3) is 0 Å². The second kappa shape index (κ2) is 13.7. The highest BCUT2D eigenvalue weighted by atomic mass is 35.5. The molecule has 0 radical (unpaired) electrons. The number of carbonyl (C=O) groups is 3. The van der Waals surface area contributed by atoms with Gasteiger partial charge in [0, 0.05) is 38.9 Å². The smallest absolute Gasteiger partial charge is 0.250 e. The maximum atomic E-state index is 12.8. The van der Waals surface area contributed by atoms with Crippen LogP contribution in [0.2, 0.25) is 10.0 Å². The first kappa shape index (κ1) is 29.0. The van der Waals surface area contributed by atoms with E-state index in [4.69, 9.17) is 34.0 Å². The van der Waals surface area contributed by atoms with Gasteiger partial charge in [-0.15, -0.1) is 0 Å². The summed E-state index contributed by atoms with van der Waals surface area (Å²) in [6, 6.07) is 11.3. The maximum absolute atomic E-state index is 12.8. The number of amides is 2. The maximum Gasteiger partial charge on any atom is 0.250 e. The Bertz CT molecular complexity index is 1140. The van der Waals surface area contributed by atoms with Gasteiger partial charge in [-0.05, 0) is 23.8 Å². The normalized spacial score (nSPS) is 11.1. The van der Waals surface area contributed by atoms with E-state index in [2.05, 4.69) is 21.3 Å². The minimum atomic E-state index is -1.07. The van der Waals surface area contributed by atoms with Gasteiger partial charge in [-0.2, -0.15) is 0 Å². The van der Waals surface area contributed by atoms with Crippen molar-refractivity contribution in [3.63, 3.8) is 0 Å². The van der Waals surface area contributed by atoms with E-state index in [0.717, 1.165) is 11.8 Å². The highest BCUT2D eigenvalue weighted by Gasteiger charge is 2.23. The molecule has 10 nitrogen and oxygen atoms in total. The molecule has 6 N–H and O–H groups in total. The van der Waals surface area contributed by atoms with Gasteiger partial charge >= 0.3 is 0 Å². The van der Waals surface area contributed by atoms with Crippen LogP contribution >= 0.6 is 35.0 Å². The number of hydrogen-bond donors (Lipinski definition) is 6. The zero-order chi connectivity index (χ0) is 26.8. The standard InChI is InChI=1S/C23H27Cl2N7O3S/c1-13(33)28-18(21(35)30-22(26)31-23(27)32(2)3)12-36-19(34)11-14-7-4-5-10-17(14)29-20-15(24)8-6-9-16(20)25/h4-10,18,29H,11-12H2,1-3H3,(H,28,33)(H4,26,27,30,31,35)/t18-/m0/s1. The molecule has 0 bridgehead atoms. The van der Waals surface area contributed by atoms with Gasteiger partial charge in [0.1, 0.15) is 6.04 Å². The van der Waals surface area contributed by atoms with Crippen molar-refractivity contribution in [2.24, 2.45) is 0 Å². The summed E-state index contributed by atoms with van der Waals surface area (Å²) in [5, 5.41) is 26.5. The monoisotopic (exact) mass is 551 g/mol. The summed E-state index contributed by atoms with van der Waals surface area (Å²) >= 11 is 13.4. The lowest BCUT2D eigenvalue weighted by molar-refractivity contribution is -0.126. The summed E-state index contributed by atoms with van der Waals surface area (Å²) in [4.78, 5) is 38.3. The summed E-state index contributed by atoms with van der Waals surface area (Å²) in [7, 11) is 3.20. The minimum Gasteiger partial charge on any atom is -0.353 e. The summed E-state index contributed by atoms with van der Waals surface area (Å²) in [6.07, 6.45) is 0.0433. The quantitative estimate of drug-likeness (QED) is 0.218. The molecule has 0 aliphatic rings. The van der Waals surface area contributed by atoms with Crippen molar-refractivity contribution in [1.82, 2.24) is 20.9 Å². The summed E-state index contributed by atoms with van der Waals surface area (Å²) < 4.78 is 0. The lowest BCUT2D eigenvalue weighted by Crippen LogP contribution is -2.54. The van der Waals surface area contributed by atoms with E-state index in [0.29, 0.717) is 27.0 Å². The molecule has 0 aromatic heterocycles. The number of thioether (sulfide) groups is 1. The fourth-order valence-corrected chi connectivity index (χ4v) is 4.17. The fourth-order valence-electron chi connectivity index (χ4n) is 2.83. The summed E-state index contributed by atoms with van der Waals surface area (Å²) in [5.74, 6) is -1.73. The Morgan fingerprint density at radius 1 is 1.00 bits per heavy atom. The number of benzene rings is 2. The van der Waals surface area contributed by atoms with E-state index in [1.807, 2.05) is 6.07 Å². The molecule has 0 aliphatic heterocycles. The third kappa shape index (κ3) is 9.06. The molecule has 2 amide bonds. The molecule has 1 atom stereocenters. The highest BCUT2D eigenvalue weighted by molar-refractivity contribution is 8.13. The number of carbonyl (C=O) groups excluding carboxylic acids is 3. The predicted molar refractivity (Wildman–Crippen MR) is 145 cm³/mol. The lowest BCUT2D eigenvalue weighted by Gasteiger charge is -2.19. The Morgan fingerprint density at radius 3 is 2.25 bits per heavy atom. The number of rotatable bonds is 8. The zero-order valence-electron chi connectivity index (χ0n) is 19.9. The van der Waals surface area contributed by atoms with Gasteiger partial charge in [-0.25, -0.2) is 0 Å². The Kier molecular flexibility index (Phi) is 11.0. The molecular weight excluding hydrogens is 525 g/mol. The fraction of sp³-hybridized carbons (Fsp3) is 0.261. The van der Waals surface area contributed by atoms with Crippen LogP contribution < -0.4 is 21.3 Å². The van der Waals surface area contributed by atoms with Gasteiger partial charge in [-0.3, -0.25) is 35.8 Å². The molecule has 192 valence electrons. The lowest BCUT2D eigenvalue weighted by atomic mass is 10.1. The van der Waals surface area contributed by atoms with Crippen LogP contribution in [0.4, 0.5) is 11.4 Å². The molecule has 36 heavy (non-hydrogen) atoms. The van der Waals surface area contributed by atoms with Gasteiger partial charge < -0.3 is 15.5 Å². The van der Waals surface area contributed by atoms with Crippen LogP contribution in [0.5, 0.6) is 0 Å². The Labute approximate surface area is 223 Å². The molecule has 0 saturated heterocycles. The van der Waals surface area contributed by atoms with E-state index in [-0.39, 0.29) is 23.2 Å². The Morgan fingerprint density at radius 2 is 1.64 bits per heavy atom. The van der Waals surface area contributed by atoms with Crippen molar-refractivity contribution in [3.05, 3.63) is 58.1 Å². The molecule has 2 aromatic carbocycles. The zero-order valence-corrected chi connectivity index (χ0v) is 22.2. The first-order valence-electron chi connectivity index (χ1n) is 10.6. The average Bonchev–Trinajstić information content (AvgIpc) is 2.79. The van der Waals surface area contributed by atoms with Crippen molar-refractivity contribution in [2.75, 3.05) is 25.2 Å². The first-order chi connectivity index (χ1) is 17.0. The molecule has 13 heteroatoms. The topological polar surface area (TPSA) is 150 Å². The van der Waals surface area contributed by atoms with Crippen molar-refractivity contribution >= 4 is 75.2 Å². The van der Waals surface area contributed by atoms with Crippen LogP contribution in [-0.4, -0.2) is 59.6 Å². The number of guanidine groups is 2. The molecule has 2 rings (SSSR count). The first-order valence-corrected chi connectivity index (χ1v) is 12.4. The van der Waals surface area contributed by atoms with E-state index in [1.54, 1.807) is 50.5 Å². The molecule has 0 spiro atoms. The van der Waals surface area contributed by atoms with Gasteiger partial charge in [0.15, 0.2) is 11.1 Å². The second-order valence-electron chi connectivity index (χ2n) is 7.72. The van der Waals surface area contributed by atoms with Crippen LogP contribution in [0.25, 0.3) is 0 Å². The number of halogens is 2. The second-order valence-corrected chi connectivity index (χ2v) is 9.62. The van der Waals surface area contributed by atoms with Crippen molar-refractivity contribution < 1.29 is 14.4 Å². The third-order valence-corrected chi connectivity index (χ3v) is 6.21. The van der Waals surface area contributed by atoms with Crippen LogP contribution in [0.3, 0.4) is 0 Å². The average molecular weight is 552 g/mol. The highest BCUT2D eigenvalue weighted by Crippen LogP contribution is 2.33. The largest absolute Gasteiger partial charge is 0.353 e. The number of nitrogens with zero attached hydrogens (tertiary/aromatic N) is 1. The minimum absolute atomic E-state index is 0.0433. The molecule has 0 saturated carbocycles. The summed E-state index contributed by atoms with van der Waals surface area (Å²) in [6.45, 7) is 1.25. The van der Waals surface area contributed by atoms with E-state index in [1.165, 1.54) is 11.8 Å². The number of hydrogen-bond acceptors (Lipinski definition) is 7. The van der Waals surface area contributed by atoms with Crippen LogP contribution in [0.1, 0.15) is 12.5 Å². The SMILES string of the molecule is CC(=O)N[C@@H](CSC(=O)Cc1ccccc1Nc1c(Cl)cccc1Cl)C(=O)NC(=N)NC(=N)N(C)C. The van der Waals surface area contributed by atoms with Crippen LogP contribution in [0.15, 0.2) is 42.5 Å².